The Labute approximate surface area is 422 Å². The Bertz CT molecular complexity index is 2330. The lowest BCUT2D eigenvalue weighted by Gasteiger charge is -2.27. The molecular weight excluding hydrogens is 961 g/mol. The molecule has 7 atom stereocenters. The van der Waals surface area contributed by atoms with Crippen molar-refractivity contribution in [1.82, 2.24) is 47.5 Å². The summed E-state index contributed by atoms with van der Waals surface area (Å²) in [6.45, 7) is 5.98. The number of hydrogen-bond acceptors (Lipinski definition) is 13. The number of para-hydroxylation sites is 1. The molecule has 0 saturated carbocycles. The Morgan fingerprint density at radius 3 is 1.61 bits per heavy atom. The minimum absolute atomic E-state index is 0.0230. The van der Waals surface area contributed by atoms with Gasteiger partial charge in [0.1, 0.15) is 36.3 Å². The number of H-pyrrole nitrogens is 1. The third-order valence-electron chi connectivity index (χ3n) is 10.8. The summed E-state index contributed by atoms with van der Waals surface area (Å²) in [7, 11) is 0. The molecule has 388 valence electrons. The smallest absolute Gasteiger partial charge is 0.327 e. The maximum absolute atomic E-state index is 14.3. The van der Waals surface area contributed by atoms with E-state index in [2.05, 4.69) is 72.8 Å². The number of fused-ring (bicyclic) bond motifs is 1. The zero-order chi connectivity index (χ0) is 52.8. The van der Waals surface area contributed by atoms with Crippen LogP contribution in [-0.4, -0.2) is 141 Å². The van der Waals surface area contributed by atoms with E-state index in [0.29, 0.717) is 11.1 Å². The van der Waals surface area contributed by atoms with Gasteiger partial charge in [0.05, 0.1) is 19.1 Å². The van der Waals surface area contributed by atoms with Gasteiger partial charge in [-0.05, 0) is 48.3 Å². The number of aliphatic carboxylic acids is 2. The highest BCUT2D eigenvalue weighted by Gasteiger charge is 2.33. The van der Waals surface area contributed by atoms with Crippen LogP contribution in [0.1, 0.15) is 64.5 Å². The number of benzene rings is 2. The van der Waals surface area contributed by atoms with Crippen molar-refractivity contribution in [3.8, 4) is 0 Å². The largest absolute Gasteiger partial charge is 0.481 e. The molecule has 0 radical (unpaired) electrons. The Hall–Kier alpha value is -6.66. The molecule has 3 rings (SSSR count). The first-order valence-electron chi connectivity index (χ1n) is 23.0. The van der Waals surface area contributed by atoms with Crippen molar-refractivity contribution in [3.63, 3.8) is 0 Å². The minimum Gasteiger partial charge on any atom is -0.481 e. The topological polar surface area (TPSA) is 349 Å². The normalized spacial score (nSPS) is 14.1. The number of carboxylic acids is 2. The van der Waals surface area contributed by atoms with Gasteiger partial charge in [0.2, 0.25) is 47.3 Å². The Morgan fingerprint density at radius 2 is 1.04 bits per heavy atom. The maximum Gasteiger partial charge on any atom is 0.327 e. The number of hydrogen-bond donors (Lipinski definition) is 14. The van der Waals surface area contributed by atoms with Gasteiger partial charge in [0.25, 0.3) is 0 Å². The van der Waals surface area contributed by atoms with Gasteiger partial charge < -0.3 is 63.5 Å². The molecule has 2 aromatic carbocycles. The van der Waals surface area contributed by atoms with Crippen LogP contribution < -0.4 is 48.3 Å². The van der Waals surface area contributed by atoms with Crippen LogP contribution in [0.3, 0.4) is 0 Å². The zero-order valence-corrected chi connectivity index (χ0v) is 41.8. The number of rotatable bonds is 30. The van der Waals surface area contributed by atoms with Gasteiger partial charge in [-0.15, -0.1) is 0 Å². The van der Waals surface area contributed by atoms with Crippen LogP contribution in [0.2, 0.25) is 0 Å². The lowest BCUT2D eigenvalue weighted by atomic mass is 9.99. The number of aromatic nitrogens is 1. The second-order valence-corrected chi connectivity index (χ2v) is 18.4. The SMILES string of the molecule is CC(C)C[C@H](NC(=O)[C@H](Cc1ccccc1)NC(=O)CNC(=O)[C@H](CC(C)C)NC(=O)[C@@H](N)CS)C(=O)N[C@@H](Cc1c[nH]c2ccccc12)C(=O)NCC(=O)N[C@@H](CCC(=O)O)C(=O)N[C@@H](CS)C(=O)O. The molecular formula is C47H66N10O12S2. The predicted molar refractivity (Wildman–Crippen MR) is 269 cm³/mol. The van der Waals surface area contributed by atoms with Crippen LogP contribution in [0.15, 0.2) is 60.8 Å². The van der Waals surface area contributed by atoms with Crippen molar-refractivity contribution in [2.75, 3.05) is 24.6 Å². The summed E-state index contributed by atoms with van der Waals surface area (Å²) in [5.74, 6) is -9.51. The standard InChI is InChI=1S/C47H66N10O12S2/c1-25(2)16-33(54-41(62)30(48)23-70)42(63)50-22-39(59)53-35(18-27-10-6-5-7-11-27)46(67)55-34(17-26(3)4)45(66)56-36(19-28-20-49-31-13-9-8-12-29(28)31)43(64)51-21-38(58)52-32(14-15-40(60)61)44(65)57-37(24-71)47(68)69/h5-13,20,25-26,30,32-37,49,70-71H,14-19,21-24,48H2,1-4H3,(H,50,63)(H,51,64)(H,52,58)(H,53,59)(H,54,62)(H,55,67)(H,56,66)(H,57,65)(H,60,61)(H,68,69)/t30-,32-,33-,34-,35-,36-,37-/m0/s1. The van der Waals surface area contributed by atoms with Crippen LogP contribution in [0.4, 0.5) is 0 Å². The summed E-state index contributed by atoms with van der Waals surface area (Å²) < 4.78 is 0. The molecule has 0 aliphatic heterocycles. The fourth-order valence-corrected chi connectivity index (χ4v) is 7.58. The Kier molecular flexibility index (Phi) is 24.4. The molecule has 1 aromatic heterocycles. The number of nitrogens with one attached hydrogen (secondary N) is 9. The van der Waals surface area contributed by atoms with E-state index in [1.54, 1.807) is 74.6 Å². The minimum atomic E-state index is -1.50. The number of carbonyl (C=O) groups is 10. The monoisotopic (exact) mass is 1030 g/mol. The molecule has 0 saturated heterocycles. The van der Waals surface area contributed by atoms with E-state index >= 15 is 0 Å². The van der Waals surface area contributed by atoms with Gasteiger partial charge in [-0.1, -0.05) is 76.2 Å². The second kappa shape index (κ2) is 29.5. The zero-order valence-electron chi connectivity index (χ0n) is 40.0. The number of carbonyl (C=O) groups excluding carboxylic acids is 8. The van der Waals surface area contributed by atoms with E-state index in [9.17, 15) is 58.2 Å². The van der Waals surface area contributed by atoms with Crippen molar-refractivity contribution in [3.05, 3.63) is 71.9 Å². The average Bonchev–Trinajstić information content (AvgIpc) is 3.73. The molecule has 22 nitrogen and oxygen atoms in total. The van der Waals surface area contributed by atoms with Gasteiger partial charge in [-0.25, -0.2) is 4.79 Å². The molecule has 71 heavy (non-hydrogen) atoms. The van der Waals surface area contributed by atoms with Gasteiger partial charge in [0.15, 0.2) is 0 Å². The summed E-state index contributed by atoms with van der Waals surface area (Å²) in [4.78, 5) is 134. The number of aromatic amines is 1. The molecule has 0 bridgehead atoms. The third-order valence-corrected chi connectivity index (χ3v) is 11.6. The van der Waals surface area contributed by atoms with Crippen LogP contribution in [-0.2, 0) is 60.8 Å². The number of amides is 8. The number of thiol groups is 2. The van der Waals surface area contributed by atoms with E-state index in [0.717, 1.165) is 10.9 Å². The molecule has 0 fully saturated rings. The van der Waals surface area contributed by atoms with Crippen molar-refractivity contribution in [2.45, 2.75) is 109 Å². The first kappa shape index (κ1) is 58.7. The van der Waals surface area contributed by atoms with E-state index in [1.165, 1.54) is 0 Å². The summed E-state index contributed by atoms with van der Waals surface area (Å²) in [6.07, 6.45) is 0.831. The Balaban J connectivity index is 1.85. The van der Waals surface area contributed by atoms with Crippen LogP contribution in [0.5, 0.6) is 0 Å². The average molecular weight is 1030 g/mol. The van der Waals surface area contributed by atoms with Crippen molar-refractivity contribution in [1.29, 1.82) is 0 Å². The molecule has 0 unspecified atom stereocenters. The van der Waals surface area contributed by atoms with E-state index in [1.807, 2.05) is 13.8 Å². The summed E-state index contributed by atoms with van der Waals surface area (Å²) in [5, 5.41) is 39.5. The van der Waals surface area contributed by atoms with Crippen molar-refractivity contribution in [2.24, 2.45) is 17.6 Å². The molecule has 1 heterocycles. The molecule has 0 spiro atoms. The van der Waals surface area contributed by atoms with Crippen LogP contribution >= 0.6 is 25.3 Å². The number of carboxylic acid groups (broad SMARTS) is 2. The fourth-order valence-electron chi connectivity index (χ4n) is 7.17. The van der Waals surface area contributed by atoms with Gasteiger partial charge in [-0.3, -0.25) is 43.2 Å². The van der Waals surface area contributed by atoms with E-state index in [-0.39, 0.29) is 49.0 Å². The molecule has 0 aliphatic rings. The van der Waals surface area contributed by atoms with Crippen molar-refractivity contribution >= 4 is 95.4 Å². The summed E-state index contributed by atoms with van der Waals surface area (Å²) in [5.41, 5.74) is 7.77. The van der Waals surface area contributed by atoms with E-state index in [4.69, 9.17) is 5.73 Å². The van der Waals surface area contributed by atoms with Crippen LogP contribution in [0.25, 0.3) is 10.9 Å². The van der Waals surface area contributed by atoms with Crippen molar-refractivity contribution < 1.29 is 58.2 Å². The van der Waals surface area contributed by atoms with Gasteiger partial charge in [-0.2, -0.15) is 25.3 Å². The molecule has 3 aromatic rings. The molecule has 0 aliphatic carbocycles. The van der Waals surface area contributed by atoms with Gasteiger partial charge in [0, 0.05) is 47.9 Å². The molecule has 8 amide bonds. The Morgan fingerprint density at radius 1 is 0.563 bits per heavy atom. The summed E-state index contributed by atoms with van der Waals surface area (Å²) in [6, 6.07) is 7.04. The lowest BCUT2D eigenvalue weighted by molar-refractivity contribution is -0.142. The van der Waals surface area contributed by atoms with E-state index < -0.39 is 127 Å². The summed E-state index contributed by atoms with van der Waals surface area (Å²) >= 11 is 7.95. The maximum atomic E-state index is 14.3. The second-order valence-electron chi connectivity index (χ2n) is 17.7. The quantitative estimate of drug-likeness (QED) is 0.0369. The van der Waals surface area contributed by atoms with Crippen LogP contribution in [0, 0.1) is 11.8 Å². The molecule has 13 N–H and O–H groups in total. The fraction of sp³-hybridized carbons (Fsp3) is 0.489. The molecule has 24 heteroatoms. The number of nitrogens with two attached hydrogens (primary N) is 1. The lowest BCUT2D eigenvalue weighted by Crippen LogP contribution is -2.59. The predicted octanol–water partition coefficient (Wildman–Crippen LogP) is -0.677. The highest BCUT2D eigenvalue weighted by atomic mass is 32.1. The first-order chi connectivity index (χ1) is 33.6. The van der Waals surface area contributed by atoms with Gasteiger partial charge >= 0.3 is 11.9 Å². The highest BCUT2D eigenvalue weighted by molar-refractivity contribution is 7.80. The first-order valence-corrected chi connectivity index (χ1v) is 24.2. The third kappa shape index (κ3) is 20.3. The highest BCUT2D eigenvalue weighted by Crippen LogP contribution is 2.20.